The lowest BCUT2D eigenvalue weighted by Gasteiger charge is -2.23. The Kier molecular flexibility index (Phi) is 5.02. The van der Waals surface area contributed by atoms with E-state index in [1.54, 1.807) is 25.2 Å². The maximum Gasteiger partial charge on any atom is 0.150 e. The first-order valence-corrected chi connectivity index (χ1v) is 9.49. The minimum Gasteiger partial charge on any atom is -0.371 e. The average Bonchev–Trinajstić information content (AvgIpc) is 3.27. The summed E-state index contributed by atoms with van der Waals surface area (Å²) in [6.07, 6.45) is 0.440. The van der Waals surface area contributed by atoms with Gasteiger partial charge in [0.1, 0.15) is 11.5 Å². The number of aliphatic hydroxyl groups is 1. The van der Waals surface area contributed by atoms with Crippen molar-refractivity contribution in [1.82, 2.24) is 14.8 Å². The number of H-pyrrole nitrogens is 1. The SMILES string of the molecule is CCC(=O)C[C@](C)(O)Nc1cc(-c2sccc2-n2c(C)ccc2C)[nH]n1. The van der Waals surface area contributed by atoms with Crippen LogP contribution in [0.2, 0.25) is 0 Å². The second-order valence-electron chi connectivity index (χ2n) is 6.72. The molecule has 138 valence electrons. The zero-order valence-electron chi connectivity index (χ0n) is 15.5. The van der Waals surface area contributed by atoms with Gasteiger partial charge in [0.05, 0.1) is 22.7 Å². The van der Waals surface area contributed by atoms with Crippen LogP contribution in [0.3, 0.4) is 0 Å². The summed E-state index contributed by atoms with van der Waals surface area (Å²) in [6, 6.07) is 8.13. The summed E-state index contributed by atoms with van der Waals surface area (Å²) in [5.41, 5.74) is 2.97. The molecule has 3 N–H and O–H groups in total. The molecule has 0 bridgehead atoms. The van der Waals surface area contributed by atoms with E-state index >= 15 is 0 Å². The third kappa shape index (κ3) is 3.73. The minimum absolute atomic E-state index is 0.00244. The molecule has 0 aliphatic carbocycles. The Bertz CT molecular complexity index is 900. The molecule has 0 spiro atoms. The van der Waals surface area contributed by atoms with Gasteiger partial charge >= 0.3 is 0 Å². The van der Waals surface area contributed by atoms with Crippen molar-refractivity contribution in [2.45, 2.75) is 46.3 Å². The van der Waals surface area contributed by atoms with E-state index in [1.165, 1.54) is 11.4 Å². The van der Waals surface area contributed by atoms with Crippen molar-refractivity contribution in [2.75, 3.05) is 5.32 Å². The predicted octanol–water partition coefficient (Wildman–Crippen LogP) is 4.04. The Morgan fingerprint density at radius 3 is 2.69 bits per heavy atom. The van der Waals surface area contributed by atoms with Gasteiger partial charge in [-0.2, -0.15) is 5.10 Å². The number of aryl methyl sites for hydroxylation is 2. The van der Waals surface area contributed by atoms with Crippen molar-refractivity contribution in [2.24, 2.45) is 0 Å². The highest BCUT2D eigenvalue weighted by molar-refractivity contribution is 7.14. The zero-order valence-corrected chi connectivity index (χ0v) is 16.3. The van der Waals surface area contributed by atoms with E-state index in [2.05, 4.69) is 52.1 Å². The van der Waals surface area contributed by atoms with Crippen LogP contribution in [-0.4, -0.2) is 31.4 Å². The summed E-state index contributed by atoms with van der Waals surface area (Å²) in [5.74, 6) is 0.506. The Hall–Kier alpha value is -2.38. The van der Waals surface area contributed by atoms with Crippen molar-refractivity contribution >= 4 is 22.9 Å². The maximum atomic E-state index is 11.6. The number of hydrogen-bond acceptors (Lipinski definition) is 5. The maximum absolute atomic E-state index is 11.6. The van der Waals surface area contributed by atoms with Gasteiger partial charge in [-0.05, 0) is 44.4 Å². The molecule has 6 nitrogen and oxygen atoms in total. The second kappa shape index (κ2) is 7.09. The fraction of sp³-hybridized carbons (Fsp3) is 0.368. The highest BCUT2D eigenvalue weighted by Crippen LogP contribution is 2.34. The van der Waals surface area contributed by atoms with E-state index in [0.29, 0.717) is 12.2 Å². The summed E-state index contributed by atoms with van der Waals surface area (Å²) < 4.78 is 2.20. The number of carbonyl (C=O) groups is 1. The number of nitrogens with one attached hydrogen (secondary N) is 2. The standard InChI is InChI=1S/C19H24N4O2S/c1-5-14(24)11-19(4,25)20-17-10-15(21-22-17)18-16(8-9-26-18)23-12(2)6-7-13(23)3/h6-10,25H,5,11H2,1-4H3,(H2,20,21,22)/t19-/m0/s1. The zero-order chi connectivity index (χ0) is 18.9. The van der Waals surface area contributed by atoms with Crippen molar-refractivity contribution in [1.29, 1.82) is 0 Å². The Morgan fingerprint density at radius 1 is 1.35 bits per heavy atom. The summed E-state index contributed by atoms with van der Waals surface area (Å²) in [7, 11) is 0. The van der Waals surface area contributed by atoms with Crippen molar-refractivity contribution < 1.29 is 9.90 Å². The van der Waals surface area contributed by atoms with Crippen LogP contribution in [0.25, 0.3) is 16.3 Å². The van der Waals surface area contributed by atoms with Crippen LogP contribution in [0.15, 0.2) is 29.6 Å². The smallest absolute Gasteiger partial charge is 0.150 e. The third-order valence-electron chi connectivity index (χ3n) is 4.31. The minimum atomic E-state index is -1.33. The van der Waals surface area contributed by atoms with Crippen molar-refractivity contribution in [3.05, 3.63) is 41.0 Å². The first-order valence-electron chi connectivity index (χ1n) is 8.61. The molecule has 1 atom stereocenters. The number of Topliss-reactive ketones (excluding diaryl/α,β-unsaturated/α-hetero) is 1. The molecule has 0 amide bonds. The van der Waals surface area contributed by atoms with E-state index in [-0.39, 0.29) is 12.2 Å². The number of ketones is 1. The van der Waals surface area contributed by atoms with Gasteiger partial charge in [0.2, 0.25) is 0 Å². The van der Waals surface area contributed by atoms with Crippen molar-refractivity contribution in [3.63, 3.8) is 0 Å². The van der Waals surface area contributed by atoms with E-state index < -0.39 is 5.72 Å². The van der Waals surface area contributed by atoms with Crippen LogP contribution in [0.4, 0.5) is 5.82 Å². The number of thiophene rings is 1. The first kappa shape index (κ1) is 18.4. The Morgan fingerprint density at radius 2 is 2.04 bits per heavy atom. The average molecular weight is 372 g/mol. The molecule has 3 aromatic rings. The van der Waals surface area contributed by atoms with Crippen LogP contribution in [0.5, 0.6) is 0 Å². The van der Waals surface area contributed by atoms with Gasteiger partial charge in [-0.3, -0.25) is 9.89 Å². The molecule has 0 aliphatic heterocycles. The molecule has 0 saturated carbocycles. The Labute approximate surface area is 156 Å². The highest BCUT2D eigenvalue weighted by Gasteiger charge is 2.24. The molecule has 3 rings (SSSR count). The van der Waals surface area contributed by atoms with Gasteiger partial charge < -0.3 is 15.0 Å². The molecule has 3 aromatic heterocycles. The topological polar surface area (TPSA) is 82.9 Å². The van der Waals surface area contributed by atoms with E-state index in [1.807, 2.05) is 11.4 Å². The molecule has 26 heavy (non-hydrogen) atoms. The molecule has 0 aromatic carbocycles. The molecule has 0 aliphatic rings. The van der Waals surface area contributed by atoms with Gasteiger partial charge in [-0.1, -0.05) is 6.92 Å². The quantitative estimate of drug-likeness (QED) is 0.547. The monoisotopic (exact) mass is 372 g/mol. The normalized spacial score (nSPS) is 13.6. The number of carbonyl (C=O) groups excluding carboxylic acids is 1. The van der Waals surface area contributed by atoms with Crippen LogP contribution in [0, 0.1) is 13.8 Å². The van der Waals surface area contributed by atoms with E-state index in [9.17, 15) is 9.90 Å². The van der Waals surface area contributed by atoms with Crippen LogP contribution in [-0.2, 0) is 4.79 Å². The number of aromatic amines is 1. The van der Waals surface area contributed by atoms with E-state index in [0.717, 1.165) is 16.3 Å². The van der Waals surface area contributed by atoms with Crippen LogP contribution in [0.1, 0.15) is 38.1 Å². The molecule has 0 saturated heterocycles. The van der Waals surface area contributed by atoms with Gasteiger partial charge in [0.15, 0.2) is 5.82 Å². The number of rotatable bonds is 7. The lowest BCUT2D eigenvalue weighted by molar-refractivity contribution is -0.122. The molecule has 0 radical (unpaired) electrons. The van der Waals surface area contributed by atoms with Gasteiger partial charge in [-0.25, -0.2) is 0 Å². The molecule has 0 unspecified atom stereocenters. The third-order valence-corrected chi connectivity index (χ3v) is 5.25. The molecular weight excluding hydrogens is 348 g/mol. The summed E-state index contributed by atoms with van der Waals surface area (Å²) in [5, 5.41) is 22.7. The fourth-order valence-corrected chi connectivity index (χ4v) is 3.90. The summed E-state index contributed by atoms with van der Waals surface area (Å²) in [6.45, 7) is 7.53. The van der Waals surface area contributed by atoms with Gasteiger partial charge in [0.25, 0.3) is 0 Å². The number of aromatic nitrogens is 3. The lowest BCUT2D eigenvalue weighted by Crippen LogP contribution is -2.36. The number of anilines is 1. The van der Waals surface area contributed by atoms with Crippen molar-refractivity contribution in [3.8, 4) is 16.3 Å². The number of nitrogens with zero attached hydrogens (tertiary/aromatic N) is 2. The molecule has 0 fully saturated rings. The molecular formula is C19H24N4O2S. The largest absolute Gasteiger partial charge is 0.371 e. The fourth-order valence-electron chi connectivity index (χ4n) is 3.06. The van der Waals surface area contributed by atoms with Crippen LogP contribution < -0.4 is 5.32 Å². The predicted molar refractivity (Wildman–Crippen MR) is 105 cm³/mol. The van der Waals surface area contributed by atoms with Gasteiger partial charge in [0, 0.05) is 23.9 Å². The lowest BCUT2D eigenvalue weighted by atomic mass is 10.1. The first-order chi connectivity index (χ1) is 12.3. The van der Waals surface area contributed by atoms with Crippen LogP contribution >= 0.6 is 11.3 Å². The molecule has 7 heteroatoms. The van der Waals surface area contributed by atoms with E-state index in [4.69, 9.17) is 0 Å². The summed E-state index contributed by atoms with van der Waals surface area (Å²) in [4.78, 5) is 12.7. The Balaban J connectivity index is 1.86. The summed E-state index contributed by atoms with van der Waals surface area (Å²) >= 11 is 1.63. The number of hydrogen-bond donors (Lipinski definition) is 3. The molecule has 3 heterocycles. The van der Waals surface area contributed by atoms with Gasteiger partial charge in [-0.15, -0.1) is 11.3 Å². The highest BCUT2D eigenvalue weighted by atomic mass is 32.1. The second-order valence-corrected chi connectivity index (χ2v) is 7.64.